The average Bonchev–Trinajstić information content (AvgIpc) is 1.79. The number of hydrazone groups is 1. The van der Waals surface area contributed by atoms with Gasteiger partial charge in [0, 0.05) is 4.92 Å². The lowest BCUT2D eigenvalue weighted by molar-refractivity contribution is -0.462. The fourth-order valence-electron chi connectivity index (χ4n) is 0.217. The molecule has 3 N–H and O–H groups in total. The molecule has 7 heteroatoms. The monoisotopic (exact) mass is 146 g/mol. The predicted molar refractivity (Wildman–Crippen MR) is 33.1 cm³/mol. The van der Waals surface area contributed by atoms with Crippen LogP contribution in [0.15, 0.2) is 5.10 Å². The highest BCUT2D eigenvalue weighted by Gasteiger charge is 1.89. The molecule has 0 aliphatic rings. The van der Waals surface area contributed by atoms with Gasteiger partial charge in [0.1, 0.15) is 0 Å². The first kappa shape index (κ1) is 8.34. The van der Waals surface area contributed by atoms with Gasteiger partial charge in [-0.1, -0.05) is 0 Å². The van der Waals surface area contributed by atoms with Crippen LogP contribution < -0.4 is 11.2 Å². The molecule has 0 aromatic carbocycles. The van der Waals surface area contributed by atoms with E-state index in [1.54, 1.807) is 5.43 Å². The third-order valence-electron chi connectivity index (χ3n) is 0.497. The van der Waals surface area contributed by atoms with E-state index < -0.39 is 17.5 Å². The number of carbonyl (C=O) groups is 1. The Morgan fingerprint density at radius 3 is 2.90 bits per heavy atom. The Morgan fingerprint density at radius 2 is 2.50 bits per heavy atom. The fourth-order valence-corrected chi connectivity index (χ4v) is 0.217. The van der Waals surface area contributed by atoms with Gasteiger partial charge in [-0.05, 0) is 0 Å². The minimum Gasteiger partial charge on any atom is -0.350 e. The SMILES string of the molecule is NC(=O)N/N=C\C[N+](=O)[O-]. The Balaban J connectivity index is 3.38. The molecule has 0 atom stereocenters. The van der Waals surface area contributed by atoms with Crippen LogP contribution in [-0.2, 0) is 0 Å². The van der Waals surface area contributed by atoms with Crippen molar-refractivity contribution >= 4 is 12.2 Å². The number of carbonyl (C=O) groups excluding carboxylic acids is 1. The number of hydrogen-bond donors (Lipinski definition) is 2. The molecule has 0 aromatic rings. The summed E-state index contributed by atoms with van der Waals surface area (Å²) >= 11 is 0. The Labute approximate surface area is 56.0 Å². The van der Waals surface area contributed by atoms with Gasteiger partial charge in [0.15, 0.2) is 0 Å². The van der Waals surface area contributed by atoms with E-state index in [1.807, 2.05) is 0 Å². The van der Waals surface area contributed by atoms with Crippen molar-refractivity contribution in [2.45, 2.75) is 0 Å². The third-order valence-corrected chi connectivity index (χ3v) is 0.497. The van der Waals surface area contributed by atoms with Crippen LogP contribution in [0.4, 0.5) is 4.79 Å². The van der Waals surface area contributed by atoms with Crippen molar-refractivity contribution < 1.29 is 9.72 Å². The molecule has 0 saturated carbocycles. The fraction of sp³-hybridized carbons (Fsp3) is 0.333. The van der Waals surface area contributed by atoms with Gasteiger partial charge in [0.2, 0.25) is 6.54 Å². The van der Waals surface area contributed by atoms with Gasteiger partial charge >= 0.3 is 6.03 Å². The molecular weight excluding hydrogens is 140 g/mol. The molecule has 2 amide bonds. The smallest absolute Gasteiger partial charge is 0.332 e. The van der Waals surface area contributed by atoms with Crippen molar-refractivity contribution in [2.24, 2.45) is 10.8 Å². The Morgan fingerprint density at radius 1 is 1.90 bits per heavy atom. The third kappa shape index (κ3) is 6.34. The number of nitro groups is 1. The van der Waals surface area contributed by atoms with Crippen LogP contribution in [0, 0.1) is 10.1 Å². The first-order valence-electron chi connectivity index (χ1n) is 2.31. The maximum Gasteiger partial charge on any atom is 0.332 e. The standard InChI is InChI=1S/C3H6N4O3/c4-3(8)6-5-1-2-7(9)10/h1H,2H2,(H3,4,6,8)/b5-1-. The molecule has 0 aliphatic carbocycles. The van der Waals surface area contributed by atoms with Gasteiger partial charge in [-0.25, -0.2) is 10.2 Å². The number of nitrogens with zero attached hydrogens (tertiary/aromatic N) is 2. The minimum absolute atomic E-state index is 0.430. The molecule has 0 unspecified atom stereocenters. The molecule has 0 aliphatic heterocycles. The van der Waals surface area contributed by atoms with Crippen LogP contribution in [0.1, 0.15) is 0 Å². The van der Waals surface area contributed by atoms with Crippen LogP contribution in [-0.4, -0.2) is 23.7 Å². The second-order valence-corrected chi connectivity index (χ2v) is 1.30. The molecule has 0 heterocycles. The van der Waals surface area contributed by atoms with E-state index in [0.29, 0.717) is 0 Å². The summed E-state index contributed by atoms with van der Waals surface area (Å²) in [5.74, 6) is 0. The number of nitrogens with two attached hydrogens (primary N) is 1. The highest BCUT2D eigenvalue weighted by Crippen LogP contribution is 1.62. The maximum absolute atomic E-state index is 9.87. The van der Waals surface area contributed by atoms with Crippen LogP contribution in [0.5, 0.6) is 0 Å². The van der Waals surface area contributed by atoms with E-state index in [9.17, 15) is 14.9 Å². The van der Waals surface area contributed by atoms with Gasteiger partial charge in [0.25, 0.3) is 0 Å². The zero-order valence-electron chi connectivity index (χ0n) is 4.98. The first-order chi connectivity index (χ1) is 4.63. The van der Waals surface area contributed by atoms with Gasteiger partial charge in [0.05, 0.1) is 6.21 Å². The summed E-state index contributed by atoms with van der Waals surface area (Å²) in [4.78, 5) is 18.9. The second-order valence-electron chi connectivity index (χ2n) is 1.30. The summed E-state index contributed by atoms with van der Waals surface area (Å²) in [6.07, 6.45) is 0.935. The van der Waals surface area contributed by atoms with Crippen molar-refractivity contribution in [3.63, 3.8) is 0 Å². The summed E-state index contributed by atoms with van der Waals surface area (Å²) in [5.41, 5.74) is 6.38. The van der Waals surface area contributed by atoms with Crippen LogP contribution in [0.2, 0.25) is 0 Å². The van der Waals surface area contributed by atoms with Crippen molar-refractivity contribution in [1.29, 1.82) is 0 Å². The molecule has 0 fully saturated rings. The van der Waals surface area contributed by atoms with Crippen molar-refractivity contribution in [2.75, 3.05) is 6.54 Å². The van der Waals surface area contributed by atoms with Crippen molar-refractivity contribution in [3.05, 3.63) is 10.1 Å². The van der Waals surface area contributed by atoms with E-state index in [-0.39, 0.29) is 0 Å². The number of amides is 2. The molecular formula is C3H6N4O3. The minimum atomic E-state index is -0.848. The maximum atomic E-state index is 9.87. The highest BCUT2D eigenvalue weighted by atomic mass is 16.6. The van der Waals surface area contributed by atoms with Crippen molar-refractivity contribution in [1.82, 2.24) is 5.43 Å². The van der Waals surface area contributed by atoms with E-state index >= 15 is 0 Å². The number of rotatable bonds is 3. The largest absolute Gasteiger partial charge is 0.350 e. The van der Waals surface area contributed by atoms with E-state index in [0.717, 1.165) is 6.21 Å². The highest BCUT2D eigenvalue weighted by molar-refractivity contribution is 5.72. The van der Waals surface area contributed by atoms with Crippen LogP contribution in [0.3, 0.4) is 0 Å². The molecule has 56 valence electrons. The lowest BCUT2D eigenvalue weighted by atomic mass is 10.8. The predicted octanol–water partition coefficient (Wildman–Crippen LogP) is -1.08. The molecule has 7 nitrogen and oxygen atoms in total. The van der Waals surface area contributed by atoms with Gasteiger partial charge in [-0.15, -0.1) is 0 Å². The normalized spacial score (nSPS) is 9.60. The van der Waals surface area contributed by atoms with E-state index in [2.05, 4.69) is 10.8 Å². The molecule has 10 heavy (non-hydrogen) atoms. The molecule has 0 spiro atoms. The summed E-state index contributed by atoms with van der Waals surface area (Å²) in [6.45, 7) is -0.430. The first-order valence-corrected chi connectivity index (χ1v) is 2.31. The van der Waals surface area contributed by atoms with Crippen LogP contribution in [0.25, 0.3) is 0 Å². The molecule has 0 bridgehead atoms. The lowest BCUT2D eigenvalue weighted by Crippen LogP contribution is -2.24. The topological polar surface area (TPSA) is 111 Å². The second kappa shape index (κ2) is 4.24. The molecule has 0 rings (SSSR count). The molecule has 0 saturated heterocycles. The van der Waals surface area contributed by atoms with Crippen molar-refractivity contribution in [3.8, 4) is 0 Å². The number of nitrogens with one attached hydrogen (secondary N) is 1. The molecule has 0 radical (unpaired) electrons. The average molecular weight is 146 g/mol. The summed E-state index contributed by atoms with van der Waals surface area (Å²) in [5, 5.41) is 12.7. The Bertz CT molecular complexity index is 147. The lowest BCUT2D eigenvalue weighted by Gasteiger charge is -1.87. The zero-order valence-corrected chi connectivity index (χ0v) is 4.98. The number of hydrogen-bond acceptors (Lipinski definition) is 4. The summed E-state index contributed by atoms with van der Waals surface area (Å²) < 4.78 is 0. The Hall–Kier alpha value is -1.66. The van der Waals surface area contributed by atoms with Gasteiger partial charge in [-0.3, -0.25) is 10.1 Å². The number of urea groups is 1. The summed E-state index contributed by atoms with van der Waals surface area (Å²) in [7, 11) is 0. The number of primary amides is 1. The quantitative estimate of drug-likeness (QED) is 0.300. The zero-order chi connectivity index (χ0) is 7.98. The van der Waals surface area contributed by atoms with E-state index in [4.69, 9.17) is 0 Å². The van der Waals surface area contributed by atoms with Crippen LogP contribution >= 0.6 is 0 Å². The van der Waals surface area contributed by atoms with Gasteiger partial charge in [-0.2, -0.15) is 5.10 Å². The Kier molecular flexibility index (Phi) is 3.54. The molecule has 0 aromatic heterocycles. The van der Waals surface area contributed by atoms with E-state index in [1.165, 1.54) is 0 Å². The summed E-state index contributed by atoms with van der Waals surface area (Å²) in [6, 6.07) is -0.848. The van der Waals surface area contributed by atoms with Gasteiger partial charge < -0.3 is 5.73 Å².